The Morgan fingerprint density at radius 3 is 2.64 bits per heavy atom. The second-order valence-corrected chi connectivity index (χ2v) is 3.44. The molecule has 1 aliphatic heterocycles. The van der Waals surface area contributed by atoms with Crippen LogP contribution in [0.1, 0.15) is 13.3 Å². The van der Waals surface area contributed by atoms with Crippen molar-refractivity contribution >= 4 is 12.0 Å². The van der Waals surface area contributed by atoms with Crippen molar-refractivity contribution in [3.8, 4) is 0 Å². The van der Waals surface area contributed by atoms with Crippen molar-refractivity contribution in [3.63, 3.8) is 0 Å². The summed E-state index contributed by atoms with van der Waals surface area (Å²) in [6, 6.07) is -0.0918. The van der Waals surface area contributed by atoms with Gasteiger partial charge in [-0.2, -0.15) is 0 Å². The minimum atomic E-state index is -0.243. The number of carbonyl (C=O) groups is 2. The van der Waals surface area contributed by atoms with Crippen LogP contribution in [0.2, 0.25) is 0 Å². The Morgan fingerprint density at radius 1 is 1.57 bits per heavy atom. The number of ether oxygens (including phenoxy) is 1. The van der Waals surface area contributed by atoms with Gasteiger partial charge >= 0.3 is 12.0 Å². The van der Waals surface area contributed by atoms with Crippen LogP contribution >= 0.6 is 0 Å². The Bertz CT molecular complexity index is 242. The van der Waals surface area contributed by atoms with Gasteiger partial charge in [0, 0.05) is 20.6 Å². The van der Waals surface area contributed by atoms with E-state index < -0.39 is 0 Å². The summed E-state index contributed by atoms with van der Waals surface area (Å²) in [5, 5.41) is 0. The molecule has 1 saturated heterocycles. The monoisotopic (exact) mass is 200 g/mol. The van der Waals surface area contributed by atoms with Crippen molar-refractivity contribution in [3.05, 3.63) is 0 Å². The van der Waals surface area contributed by atoms with Crippen molar-refractivity contribution in [1.29, 1.82) is 0 Å². The number of hydrogen-bond donors (Lipinski definition) is 0. The third-order valence-corrected chi connectivity index (χ3v) is 2.37. The van der Waals surface area contributed by atoms with Crippen molar-refractivity contribution in [1.82, 2.24) is 9.80 Å². The fourth-order valence-electron chi connectivity index (χ4n) is 1.56. The predicted molar refractivity (Wildman–Crippen MR) is 50.8 cm³/mol. The zero-order chi connectivity index (χ0) is 10.7. The standard InChI is InChI=1S/C9H16N2O3/c1-4-14-8(12)5-7-6-10(2)9(13)11(7)3/h7H,4-6H2,1-3H3. The van der Waals surface area contributed by atoms with Crippen LogP contribution in [0.15, 0.2) is 0 Å². The van der Waals surface area contributed by atoms with Gasteiger partial charge in [0.25, 0.3) is 0 Å². The summed E-state index contributed by atoms with van der Waals surface area (Å²) in [5.41, 5.74) is 0. The molecular formula is C9H16N2O3. The van der Waals surface area contributed by atoms with E-state index in [0.29, 0.717) is 13.2 Å². The molecule has 1 atom stereocenters. The maximum absolute atomic E-state index is 11.4. The quantitative estimate of drug-likeness (QED) is 0.616. The summed E-state index contributed by atoms with van der Waals surface area (Å²) in [7, 11) is 3.43. The Hall–Kier alpha value is -1.26. The second-order valence-electron chi connectivity index (χ2n) is 3.44. The molecule has 0 radical (unpaired) electrons. The molecule has 0 saturated carbocycles. The molecule has 0 aromatic heterocycles. The lowest BCUT2D eigenvalue weighted by atomic mass is 10.2. The molecule has 0 aliphatic carbocycles. The van der Waals surface area contributed by atoms with Gasteiger partial charge in [-0.25, -0.2) is 4.79 Å². The Labute approximate surface area is 83.6 Å². The topological polar surface area (TPSA) is 49.9 Å². The van der Waals surface area contributed by atoms with E-state index in [-0.39, 0.29) is 24.5 Å². The smallest absolute Gasteiger partial charge is 0.319 e. The van der Waals surface area contributed by atoms with Crippen LogP contribution in [0.3, 0.4) is 0 Å². The number of hydrogen-bond acceptors (Lipinski definition) is 3. The first kappa shape index (κ1) is 10.8. The minimum absolute atomic E-state index is 0.0423. The zero-order valence-corrected chi connectivity index (χ0v) is 8.82. The van der Waals surface area contributed by atoms with E-state index in [9.17, 15) is 9.59 Å². The maximum atomic E-state index is 11.4. The molecule has 14 heavy (non-hydrogen) atoms. The minimum Gasteiger partial charge on any atom is -0.466 e. The average Bonchev–Trinajstić information content (AvgIpc) is 2.34. The van der Waals surface area contributed by atoms with E-state index in [1.54, 1.807) is 30.8 Å². The van der Waals surface area contributed by atoms with Gasteiger partial charge in [0.2, 0.25) is 0 Å². The lowest BCUT2D eigenvalue weighted by Gasteiger charge is -2.16. The molecule has 1 fully saturated rings. The Balaban J connectivity index is 2.47. The highest BCUT2D eigenvalue weighted by molar-refractivity contribution is 5.78. The first-order valence-electron chi connectivity index (χ1n) is 4.69. The fourth-order valence-corrected chi connectivity index (χ4v) is 1.56. The van der Waals surface area contributed by atoms with Crippen LogP contribution in [0.5, 0.6) is 0 Å². The predicted octanol–water partition coefficient (Wildman–Crippen LogP) is 0.305. The molecule has 1 rings (SSSR count). The summed E-state index contributed by atoms with van der Waals surface area (Å²) < 4.78 is 4.83. The van der Waals surface area contributed by atoms with Gasteiger partial charge in [-0.3, -0.25) is 4.79 Å². The molecule has 0 aromatic carbocycles. The number of amides is 2. The number of rotatable bonds is 3. The van der Waals surface area contributed by atoms with Gasteiger partial charge in [0.05, 0.1) is 19.1 Å². The largest absolute Gasteiger partial charge is 0.466 e. The van der Waals surface area contributed by atoms with Crippen molar-refractivity contribution < 1.29 is 14.3 Å². The van der Waals surface area contributed by atoms with Crippen LogP contribution in [-0.2, 0) is 9.53 Å². The van der Waals surface area contributed by atoms with Crippen molar-refractivity contribution in [2.75, 3.05) is 27.2 Å². The number of nitrogens with zero attached hydrogens (tertiary/aromatic N) is 2. The van der Waals surface area contributed by atoms with Crippen LogP contribution in [0, 0.1) is 0 Å². The van der Waals surface area contributed by atoms with E-state index in [4.69, 9.17) is 4.74 Å². The SMILES string of the molecule is CCOC(=O)CC1CN(C)C(=O)N1C. The van der Waals surface area contributed by atoms with Gasteiger partial charge in [-0.1, -0.05) is 0 Å². The molecule has 2 amide bonds. The maximum Gasteiger partial charge on any atom is 0.319 e. The summed E-state index contributed by atoms with van der Waals surface area (Å²) >= 11 is 0. The second kappa shape index (κ2) is 4.30. The summed E-state index contributed by atoms with van der Waals surface area (Å²) in [5.74, 6) is -0.243. The summed E-state index contributed by atoms with van der Waals surface area (Å²) in [6.45, 7) is 2.75. The first-order valence-corrected chi connectivity index (χ1v) is 4.69. The lowest BCUT2D eigenvalue weighted by Crippen LogP contribution is -2.32. The summed E-state index contributed by atoms with van der Waals surface area (Å²) in [4.78, 5) is 25.7. The molecule has 5 nitrogen and oxygen atoms in total. The van der Waals surface area contributed by atoms with E-state index in [0.717, 1.165) is 0 Å². The van der Waals surface area contributed by atoms with Crippen molar-refractivity contribution in [2.24, 2.45) is 0 Å². The zero-order valence-electron chi connectivity index (χ0n) is 8.82. The fraction of sp³-hybridized carbons (Fsp3) is 0.778. The number of carbonyl (C=O) groups excluding carboxylic acids is 2. The molecule has 1 unspecified atom stereocenters. The summed E-state index contributed by atoms with van der Waals surface area (Å²) in [6.07, 6.45) is 0.278. The van der Waals surface area contributed by atoms with E-state index in [2.05, 4.69) is 0 Å². The van der Waals surface area contributed by atoms with Gasteiger partial charge in [-0.05, 0) is 6.92 Å². The highest BCUT2D eigenvalue weighted by atomic mass is 16.5. The van der Waals surface area contributed by atoms with Crippen LogP contribution < -0.4 is 0 Å². The van der Waals surface area contributed by atoms with Crippen LogP contribution in [-0.4, -0.2) is 55.1 Å². The molecule has 0 spiro atoms. The first-order chi connectivity index (χ1) is 6.56. The number of esters is 1. The molecule has 5 heteroatoms. The van der Waals surface area contributed by atoms with Crippen LogP contribution in [0.4, 0.5) is 4.79 Å². The van der Waals surface area contributed by atoms with E-state index in [1.807, 2.05) is 0 Å². The molecule has 0 bridgehead atoms. The molecule has 80 valence electrons. The molecule has 0 N–H and O–H groups in total. The molecule has 1 heterocycles. The van der Waals surface area contributed by atoms with Crippen molar-refractivity contribution in [2.45, 2.75) is 19.4 Å². The van der Waals surface area contributed by atoms with E-state index >= 15 is 0 Å². The van der Waals surface area contributed by atoms with E-state index in [1.165, 1.54) is 0 Å². The number of urea groups is 1. The van der Waals surface area contributed by atoms with Gasteiger partial charge < -0.3 is 14.5 Å². The molecule has 1 aliphatic rings. The number of likely N-dealkylation sites (N-methyl/N-ethyl adjacent to an activating group) is 2. The molecular weight excluding hydrogens is 184 g/mol. The van der Waals surface area contributed by atoms with Gasteiger partial charge in [0.1, 0.15) is 0 Å². The molecule has 0 aromatic rings. The normalized spacial score (nSPS) is 21.6. The highest BCUT2D eigenvalue weighted by Crippen LogP contribution is 2.15. The third kappa shape index (κ3) is 2.16. The Kier molecular flexibility index (Phi) is 3.33. The lowest BCUT2D eigenvalue weighted by molar-refractivity contribution is -0.144. The van der Waals surface area contributed by atoms with Gasteiger partial charge in [-0.15, -0.1) is 0 Å². The van der Waals surface area contributed by atoms with Crippen LogP contribution in [0.25, 0.3) is 0 Å². The average molecular weight is 200 g/mol. The highest BCUT2D eigenvalue weighted by Gasteiger charge is 2.33. The third-order valence-electron chi connectivity index (χ3n) is 2.37. The Morgan fingerprint density at radius 2 is 2.21 bits per heavy atom. The van der Waals surface area contributed by atoms with Gasteiger partial charge in [0.15, 0.2) is 0 Å².